The van der Waals surface area contributed by atoms with Crippen molar-refractivity contribution in [2.75, 3.05) is 0 Å². The van der Waals surface area contributed by atoms with Crippen LogP contribution in [0, 0.1) is 0 Å². The maximum Gasteiger partial charge on any atom is 0.418 e. The van der Waals surface area contributed by atoms with Gasteiger partial charge in [-0.05, 0) is 18.1 Å². The van der Waals surface area contributed by atoms with Crippen LogP contribution in [0.1, 0.15) is 41.1 Å². The van der Waals surface area contributed by atoms with Gasteiger partial charge in [0.2, 0.25) is 5.91 Å². The predicted molar refractivity (Wildman–Crippen MR) is 131 cm³/mol. The standard InChI is InChI=1S/C30H25NO3/c1-22(23-14-6-2-7-15-23)28(32)31-27(24-16-8-3-9-17-24)30(34-29(31)33,25-18-10-4-11-19-25)26-20-12-5-13-21-26/h2-22,27H,1H3/t22-,27+/m0/s1. The Balaban J connectivity index is 1.73. The third kappa shape index (κ3) is 3.57. The number of amides is 2. The topological polar surface area (TPSA) is 46.6 Å². The van der Waals surface area contributed by atoms with E-state index in [4.69, 9.17) is 4.74 Å². The maximum atomic E-state index is 13.9. The zero-order chi connectivity index (χ0) is 23.5. The quantitative estimate of drug-likeness (QED) is 0.353. The number of rotatable bonds is 5. The number of benzene rings is 4. The first-order valence-corrected chi connectivity index (χ1v) is 11.4. The highest BCUT2D eigenvalue weighted by Gasteiger charge is 2.59. The minimum Gasteiger partial charge on any atom is -0.430 e. The summed E-state index contributed by atoms with van der Waals surface area (Å²) in [5.41, 5.74) is 2.11. The van der Waals surface area contributed by atoms with E-state index in [-0.39, 0.29) is 5.91 Å². The molecule has 4 nitrogen and oxygen atoms in total. The lowest BCUT2D eigenvalue weighted by molar-refractivity contribution is -0.131. The van der Waals surface area contributed by atoms with Crippen molar-refractivity contribution in [3.8, 4) is 0 Å². The lowest BCUT2D eigenvalue weighted by Gasteiger charge is -2.36. The summed E-state index contributed by atoms with van der Waals surface area (Å²) in [5.74, 6) is -0.805. The summed E-state index contributed by atoms with van der Waals surface area (Å²) in [6.07, 6.45) is -0.644. The highest BCUT2D eigenvalue weighted by atomic mass is 16.6. The molecule has 1 aliphatic heterocycles. The van der Waals surface area contributed by atoms with Crippen molar-refractivity contribution in [3.63, 3.8) is 0 Å². The third-order valence-electron chi connectivity index (χ3n) is 6.52. The van der Waals surface area contributed by atoms with Crippen LogP contribution in [-0.2, 0) is 15.1 Å². The Morgan fingerprint density at radius 1 is 0.735 bits per heavy atom. The minimum absolute atomic E-state index is 0.293. The summed E-state index contributed by atoms with van der Waals surface area (Å²) >= 11 is 0. The number of hydrogen-bond acceptors (Lipinski definition) is 3. The number of hydrogen-bond donors (Lipinski definition) is 0. The Morgan fingerprint density at radius 3 is 1.68 bits per heavy atom. The van der Waals surface area contributed by atoms with Crippen LogP contribution >= 0.6 is 0 Å². The van der Waals surface area contributed by atoms with Crippen molar-refractivity contribution < 1.29 is 14.3 Å². The van der Waals surface area contributed by atoms with E-state index in [1.54, 1.807) is 0 Å². The molecule has 0 radical (unpaired) electrons. The zero-order valence-electron chi connectivity index (χ0n) is 18.9. The second kappa shape index (κ2) is 8.99. The Morgan fingerprint density at radius 2 is 1.18 bits per heavy atom. The Hall–Kier alpha value is -4.18. The Kier molecular flexibility index (Phi) is 5.72. The molecule has 34 heavy (non-hydrogen) atoms. The molecule has 168 valence electrons. The molecule has 1 aliphatic rings. The highest BCUT2D eigenvalue weighted by Crippen LogP contribution is 2.53. The second-order valence-electron chi connectivity index (χ2n) is 8.49. The van der Waals surface area contributed by atoms with Crippen LogP contribution in [0.3, 0.4) is 0 Å². The Labute approximate surface area is 199 Å². The molecule has 1 saturated heterocycles. The molecule has 5 rings (SSSR count). The van der Waals surface area contributed by atoms with E-state index >= 15 is 0 Å². The molecule has 0 aromatic heterocycles. The van der Waals surface area contributed by atoms with E-state index in [1.165, 1.54) is 4.90 Å². The van der Waals surface area contributed by atoms with E-state index in [2.05, 4.69) is 0 Å². The van der Waals surface area contributed by atoms with Gasteiger partial charge in [-0.25, -0.2) is 9.69 Å². The first-order valence-electron chi connectivity index (χ1n) is 11.4. The van der Waals surface area contributed by atoms with Gasteiger partial charge in [-0.1, -0.05) is 121 Å². The van der Waals surface area contributed by atoms with E-state index in [9.17, 15) is 9.59 Å². The van der Waals surface area contributed by atoms with Crippen molar-refractivity contribution in [3.05, 3.63) is 144 Å². The largest absolute Gasteiger partial charge is 0.430 e. The average molecular weight is 448 g/mol. The van der Waals surface area contributed by atoms with Crippen LogP contribution in [0.4, 0.5) is 4.79 Å². The fraction of sp³-hybridized carbons (Fsp3) is 0.133. The van der Waals surface area contributed by atoms with Crippen LogP contribution < -0.4 is 0 Å². The minimum atomic E-state index is -1.19. The molecule has 4 heteroatoms. The van der Waals surface area contributed by atoms with Gasteiger partial charge in [0.25, 0.3) is 0 Å². The highest BCUT2D eigenvalue weighted by molar-refractivity contribution is 5.98. The van der Waals surface area contributed by atoms with Gasteiger partial charge < -0.3 is 4.74 Å². The number of ether oxygens (including phenoxy) is 1. The summed E-state index contributed by atoms with van der Waals surface area (Å²) in [6, 6.07) is 37.8. The van der Waals surface area contributed by atoms with Gasteiger partial charge in [-0.2, -0.15) is 0 Å². The SMILES string of the molecule is C[C@H](C(=O)N1C(=O)OC(c2ccccc2)(c2ccccc2)[C@H]1c1ccccc1)c1ccccc1. The monoisotopic (exact) mass is 447 g/mol. The second-order valence-corrected chi connectivity index (χ2v) is 8.49. The molecule has 0 aliphatic carbocycles. The summed E-state index contributed by atoms with van der Waals surface area (Å²) in [5, 5.41) is 0. The van der Waals surface area contributed by atoms with Crippen molar-refractivity contribution in [2.45, 2.75) is 24.5 Å². The number of carbonyl (C=O) groups is 2. The van der Waals surface area contributed by atoms with Crippen molar-refractivity contribution in [1.29, 1.82) is 0 Å². The number of cyclic esters (lactones) is 1. The summed E-state index contributed by atoms with van der Waals surface area (Å²) in [7, 11) is 0. The molecule has 1 fully saturated rings. The van der Waals surface area contributed by atoms with E-state index < -0.39 is 23.7 Å². The molecule has 0 bridgehead atoms. The van der Waals surface area contributed by atoms with Crippen LogP contribution in [0.5, 0.6) is 0 Å². The van der Waals surface area contributed by atoms with Crippen LogP contribution in [-0.4, -0.2) is 16.9 Å². The fourth-order valence-electron chi connectivity index (χ4n) is 4.83. The van der Waals surface area contributed by atoms with Crippen LogP contribution in [0.25, 0.3) is 0 Å². The van der Waals surface area contributed by atoms with Gasteiger partial charge in [0.15, 0.2) is 5.60 Å². The molecule has 4 aromatic rings. The summed E-state index contributed by atoms with van der Waals surface area (Å²) < 4.78 is 6.27. The van der Waals surface area contributed by atoms with Gasteiger partial charge >= 0.3 is 6.09 Å². The normalized spacial score (nSPS) is 17.7. The zero-order valence-corrected chi connectivity index (χ0v) is 18.9. The van der Waals surface area contributed by atoms with Gasteiger partial charge in [-0.3, -0.25) is 4.79 Å². The van der Waals surface area contributed by atoms with Crippen molar-refractivity contribution in [1.82, 2.24) is 4.90 Å². The molecule has 1 heterocycles. The van der Waals surface area contributed by atoms with Crippen LogP contribution in [0.2, 0.25) is 0 Å². The maximum absolute atomic E-state index is 13.9. The first kappa shape index (κ1) is 21.7. The first-order chi connectivity index (χ1) is 16.6. The molecule has 2 atom stereocenters. The number of nitrogens with zero attached hydrogens (tertiary/aromatic N) is 1. The predicted octanol–water partition coefficient (Wildman–Crippen LogP) is 6.45. The molecule has 0 saturated carbocycles. The lowest BCUT2D eigenvalue weighted by atomic mass is 9.77. The third-order valence-corrected chi connectivity index (χ3v) is 6.52. The van der Waals surface area contributed by atoms with E-state index in [0.717, 1.165) is 22.3 Å². The average Bonchev–Trinajstić information content (AvgIpc) is 3.23. The van der Waals surface area contributed by atoms with Crippen LogP contribution in [0.15, 0.2) is 121 Å². The van der Waals surface area contributed by atoms with E-state index in [0.29, 0.717) is 0 Å². The molecule has 2 amide bonds. The summed E-state index contributed by atoms with van der Waals surface area (Å²) in [4.78, 5) is 28.8. The Bertz CT molecular complexity index is 1230. The number of imide groups is 1. The molecule has 0 spiro atoms. The molecule has 0 N–H and O–H groups in total. The van der Waals surface area contributed by atoms with Gasteiger partial charge in [0.05, 0.1) is 5.92 Å². The fourth-order valence-corrected chi connectivity index (χ4v) is 4.83. The van der Waals surface area contributed by atoms with E-state index in [1.807, 2.05) is 128 Å². The molecule has 0 unspecified atom stereocenters. The molecular formula is C30H25NO3. The van der Waals surface area contributed by atoms with Crippen molar-refractivity contribution in [2.24, 2.45) is 0 Å². The lowest BCUT2D eigenvalue weighted by Crippen LogP contribution is -2.41. The smallest absolute Gasteiger partial charge is 0.418 e. The van der Waals surface area contributed by atoms with Gasteiger partial charge in [0, 0.05) is 11.1 Å². The van der Waals surface area contributed by atoms with Gasteiger partial charge in [0.1, 0.15) is 6.04 Å². The van der Waals surface area contributed by atoms with Crippen molar-refractivity contribution >= 4 is 12.0 Å². The molecule has 4 aromatic carbocycles. The van der Waals surface area contributed by atoms with Gasteiger partial charge in [-0.15, -0.1) is 0 Å². The number of carbonyl (C=O) groups excluding carboxylic acids is 2. The molecular weight excluding hydrogens is 422 g/mol. The summed E-state index contributed by atoms with van der Waals surface area (Å²) in [6.45, 7) is 1.83.